The Bertz CT molecular complexity index is 1370. The van der Waals surface area contributed by atoms with Gasteiger partial charge in [0.15, 0.2) is 15.9 Å². The molecule has 0 saturated carbocycles. The number of nitrogens with two attached hydrogens (primary N) is 2. The molecule has 2 aromatic heterocycles. The summed E-state index contributed by atoms with van der Waals surface area (Å²) in [6.07, 6.45) is 0. The highest BCUT2D eigenvalue weighted by Gasteiger charge is 2.55. The number of thioether (sulfide) groups is 2. The number of fused-ring (bicyclic) bond motifs is 1. The van der Waals surface area contributed by atoms with E-state index in [0.29, 0.717) is 10.2 Å². The van der Waals surface area contributed by atoms with E-state index in [1.54, 1.807) is 0 Å². The van der Waals surface area contributed by atoms with Crippen molar-refractivity contribution in [3.05, 3.63) is 27.4 Å². The van der Waals surface area contributed by atoms with Gasteiger partial charge >= 0.3 is 5.97 Å². The molecule has 2 aromatic rings. The van der Waals surface area contributed by atoms with Crippen LogP contribution in [0.4, 0.5) is 5.13 Å². The van der Waals surface area contributed by atoms with Gasteiger partial charge in [-0.25, -0.2) is 14.8 Å². The van der Waals surface area contributed by atoms with Gasteiger partial charge in [-0.05, 0) is 11.5 Å². The van der Waals surface area contributed by atoms with Crippen LogP contribution >= 0.6 is 58.6 Å². The van der Waals surface area contributed by atoms with Crippen molar-refractivity contribution in [1.82, 2.24) is 24.6 Å². The van der Waals surface area contributed by atoms with Crippen LogP contribution < -0.4 is 16.8 Å². The second kappa shape index (κ2) is 11.1. The molecule has 4 rings (SSSR count). The number of carboxylic acid groups (broad SMARTS) is 1. The maximum Gasteiger partial charge on any atom is 0.353 e. The minimum absolute atomic E-state index is 0.0382. The predicted molar refractivity (Wildman–Crippen MR) is 144 cm³/mol. The highest BCUT2D eigenvalue weighted by atomic mass is 32.2. The first-order valence-corrected chi connectivity index (χ1v) is 14.1. The highest BCUT2D eigenvalue weighted by Crippen LogP contribution is 2.41. The zero-order valence-corrected chi connectivity index (χ0v) is 22.7. The van der Waals surface area contributed by atoms with E-state index >= 15 is 0 Å². The zero-order valence-electron chi connectivity index (χ0n) is 18.7. The number of nitrogens with zero attached hydrogens (tertiary/aromatic N) is 5. The number of β-lactam (4-membered cyclic amide) rings is 1. The van der Waals surface area contributed by atoms with E-state index in [0.717, 1.165) is 39.5 Å². The number of rotatable bonds is 10. The van der Waals surface area contributed by atoms with Crippen molar-refractivity contribution in [3.63, 3.8) is 0 Å². The molecule has 37 heavy (non-hydrogen) atoms. The number of carboxylic acids is 1. The number of hydrogen-bond acceptors (Lipinski definition) is 15. The van der Waals surface area contributed by atoms with Gasteiger partial charge in [0.25, 0.3) is 11.8 Å². The molecule has 2 aliphatic heterocycles. The van der Waals surface area contributed by atoms with Crippen LogP contribution in [0.1, 0.15) is 10.7 Å². The maximum atomic E-state index is 13.0. The van der Waals surface area contributed by atoms with Gasteiger partial charge in [0, 0.05) is 16.7 Å². The fourth-order valence-electron chi connectivity index (χ4n) is 3.33. The van der Waals surface area contributed by atoms with Crippen LogP contribution in [0, 0.1) is 5.41 Å². The van der Waals surface area contributed by atoms with Crippen LogP contribution in [-0.4, -0.2) is 88.6 Å². The molecule has 2 aliphatic rings. The Labute approximate surface area is 230 Å². The molecule has 4 heterocycles. The molecule has 19 heteroatoms. The minimum atomic E-state index is -1.34. The summed E-state index contributed by atoms with van der Waals surface area (Å²) in [6.45, 7) is 0. The normalized spacial score (nSPS) is 19.2. The monoisotopic (exact) mass is 599 g/mol. The molecule has 1 saturated heterocycles. The van der Waals surface area contributed by atoms with Crippen molar-refractivity contribution < 1.29 is 24.3 Å². The molecule has 2 amide bonds. The summed E-state index contributed by atoms with van der Waals surface area (Å²) >= 11 is 9.99. The summed E-state index contributed by atoms with van der Waals surface area (Å²) < 4.78 is 4.15. The number of thiocarbonyl (C=S) groups is 1. The van der Waals surface area contributed by atoms with Gasteiger partial charge in [0.05, 0.1) is 10.6 Å². The summed E-state index contributed by atoms with van der Waals surface area (Å²) in [5, 5.41) is 25.3. The van der Waals surface area contributed by atoms with Gasteiger partial charge in [0.1, 0.15) is 35.8 Å². The van der Waals surface area contributed by atoms with Crippen molar-refractivity contribution in [2.24, 2.45) is 10.9 Å². The first-order chi connectivity index (χ1) is 17.6. The Morgan fingerprint density at radius 3 is 2.84 bits per heavy atom. The lowest BCUT2D eigenvalue weighted by Crippen LogP contribution is -2.71. The lowest BCUT2D eigenvalue weighted by molar-refractivity contribution is -0.150. The maximum absolute atomic E-state index is 13.0. The number of nitrogens with one attached hydrogen (secondary N) is 2. The summed E-state index contributed by atoms with van der Waals surface area (Å²) in [4.78, 5) is 52.4. The SMILES string of the molecule is CO/N=C(\C(=O)N[C@@H]1C(=O)N2C(C(=O)O)=C(C(=S)c3nc(SCC(=N)N)ns3)CS[C@@H]12)c1csc(N)n1. The summed E-state index contributed by atoms with van der Waals surface area (Å²) in [6, 6.07) is -1.00. The molecule has 0 aliphatic carbocycles. The van der Waals surface area contributed by atoms with Crippen molar-refractivity contribution >= 4 is 97.9 Å². The van der Waals surface area contributed by atoms with E-state index in [4.69, 9.17) is 33.9 Å². The molecule has 14 nitrogen and oxygen atoms in total. The lowest BCUT2D eigenvalue weighted by atomic mass is 10.0. The van der Waals surface area contributed by atoms with Gasteiger partial charge in [-0.15, -0.1) is 23.1 Å². The molecule has 1 fully saturated rings. The average molecular weight is 600 g/mol. The topological polar surface area (TPSA) is 223 Å². The van der Waals surface area contributed by atoms with Crippen LogP contribution in [0.15, 0.2) is 27.0 Å². The molecule has 2 atom stereocenters. The molecule has 0 unspecified atom stereocenters. The first kappa shape index (κ1) is 26.9. The van der Waals surface area contributed by atoms with E-state index in [1.807, 2.05) is 0 Å². The van der Waals surface area contributed by atoms with Crippen molar-refractivity contribution in [2.45, 2.75) is 16.6 Å². The van der Waals surface area contributed by atoms with Crippen molar-refractivity contribution in [3.8, 4) is 0 Å². The standard InChI is InChI=1S/C18H17N9O5S5/c1-32-25-8(6-3-35-17(21)22-6)12(28)23-9-14(29)27-10(16(30)31)5(2-34-15(9)27)11(33)13-24-18(26-37-13)36-4-7(19)20/h3,9,15H,2,4H2,1H3,(H3,19,20)(H2,21,22)(H,23,28)(H,30,31)/b25-8-/t9-,15+/m1/s1. The van der Waals surface area contributed by atoms with Crippen molar-refractivity contribution in [1.29, 1.82) is 5.41 Å². The fourth-order valence-corrected chi connectivity index (χ4v) is 7.01. The number of hydrogen-bond donors (Lipinski definition) is 5. The number of carbonyl (C=O) groups excluding carboxylic acids is 2. The molecular formula is C18H17N9O5S5. The first-order valence-electron chi connectivity index (χ1n) is 10.0. The van der Waals surface area contributed by atoms with E-state index in [-0.39, 0.29) is 50.0 Å². The molecular weight excluding hydrogens is 583 g/mol. The second-order valence-corrected chi connectivity index (χ2v) is 11.3. The third kappa shape index (κ3) is 5.44. The highest BCUT2D eigenvalue weighted by molar-refractivity contribution is 8.00. The summed E-state index contributed by atoms with van der Waals surface area (Å²) in [5.74, 6) is -2.35. The number of aliphatic carboxylic acids is 1. The molecule has 194 valence electrons. The van der Waals surface area contributed by atoms with Crippen LogP contribution in [-0.2, 0) is 19.2 Å². The van der Waals surface area contributed by atoms with Crippen LogP contribution in [0.25, 0.3) is 0 Å². The Morgan fingerprint density at radius 1 is 1.46 bits per heavy atom. The number of amides is 2. The third-order valence-electron chi connectivity index (χ3n) is 4.85. The number of amidine groups is 1. The minimum Gasteiger partial charge on any atom is -0.477 e. The van der Waals surface area contributed by atoms with E-state index < -0.39 is 29.2 Å². The number of oxime groups is 1. The van der Waals surface area contributed by atoms with Gasteiger partial charge < -0.3 is 26.7 Å². The number of anilines is 1. The number of carbonyl (C=O) groups is 3. The molecule has 7 N–H and O–H groups in total. The van der Waals surface area contributed by atoms with E-state index in [2.05, 4.69) is 24.8 Å². The van der Waals surface area contributed by atoms with E-state index in [1.165, 1.54) is 24.3 Å². The Balaban J connectivity index is 1.53. The molecule has 0 spiro atoms. The number of aromatic nitrogens is 3. The van der Waals surface area contributed by atoms with Crippen LogP contribution in [0.3, 0.4) is 0 Å². The summed E-state index contributed by atoms with van der Waals surface area (Å²) in [7, 11) is 1.26. The third-order valence-corrected chi connectivity index (χ3v) is 9.12. The van der Waals surface area contributed by atoms with E-state index in [9.17, 15) is 19.5 Å². The quantitative estimate of drug-likeness (QED) is 0.0466. The average Bonchev–Trinajstić information content (AvgIpc) is 3.51. The lowest BCUT2D eigenvalue weighted by Gasteiger charge is -2.49. The van der Waals surface area contributed by atoms with Gasteiger partial charge in [-0.3, -0.25) is 19.9 Å². The Morgan fingerprint density at radius 2 is 2.22 bits per heavy atom. The molecule has 0 aromatic carbocycles. The smallest absolute Gasteiger partial charge is 0.353 e. The summed E-state index contributed by atoms with van der Waals surface area (Å²) in [5.41, 5.74) is 11.0. The van der Waals surface area contributed by atoms with Crippen LogP contribution in [0.2, 0.25) is 0 Å². The number of nitrogen functional groups attached to an aromatic ring is 1. The zero-order chi connectivity index (χ0) is 26.9. The van der Waals surface area contributed by atoms with Gasteiger partial charge in [-0.2, -0.15) is 4.37 Å². The Hall–Kier alpha value is -3.13. The second-order valence-electron chi connectivity index (χ2n) is 7.21. The Kier molecular flexibility index (Phi) is 8.07. The molecule has 0 bridgehead atoms. The van der Waals surface area contributed by atoms with Gasteiger partial charge in [-0.1, -0.05) is 29.1 Å². The molecule has 0 radical (unpaired) electrons. The predicted octanol–water partition coefficient (Wildman–Crippen LogP) is 0.112. The largest absolute Gasteiger partial charge is 0.477 e. The van der Waals surface area contributed by atoms with Gasteiger partial charge in [0.2, 0.25) is 5.16 Å². The number of thiazole rings is 1. The van der Waals surface area contributed by atoms with Crippen molar-refractivity contribution in [2.75, 3.05) is 24.3 Å². The fraction of sp³-hybridized carbons (Fsp3) is 0.278. The van der Waals surface area contributed by atoms with Crippen LogP contribution in [0.5, 0.6) is 0 Å².